The Morgan fingerprint density at radius 1 is 0.773 bits per heavy atom. The van der Waals surface area contributed by atoms with Crippen LogP contribution in [0.5, 0.6) is 0 Å². The molecule has 0 radical (unpaired) electrons. The van der Waals surface area contributed by atoms with Crippen LogP contribution in [0.25, 0.3) is 0 Å². The van der Waals surface area contributed by atoms with E-state index in [-0.39, 0.29) is 0 Å². The summed E-state index contributed by atoms with van der Waals surface area (Å²) in [6.07, 6.45) is 25.2. The molecule has 1 atom stereocenters. The van der Waals surface area contributed by atoms with Crippen LogP contribution in [0.1, 0.15) is 78.6 Å². The molecule has 0 aliphatic heterocycles. The van der Waals surface area contributed by atoms with Crippen LogP contribution in [0, 0.1) is 0 Å². The van der Waals surface area contributed by atoms with Gasteiger partial charge in [0.1, 0.15) is 0 Å². The first-order valence-corrected chi connectivity index (χ1v) is 9.42. The second-order valence-corrected chi connectivity index (χ2v) is 6.23. The van der Waals surface area contributed by atoms with E-state index in [2.05, 4.69) is 62.3 Å². The van der Waals surface area contributed by atoms with Gasteiger partial charge in [-0.15, -0.1) is 0 Å². The lowest BCUT2D eigenvalue weighted by Gasteiger charge is -2.24. The number of unbranched alkanes of at least 4 members (excludes halogenated alkanes) is 7. The normalized spacial score (nSPS) is 14.0. The molecule has 0 aromatic rings. The molecule has 0 spiro atoms. The average molecular weight is 306 g/mol. The summed E-state index contributed by atoms with van der Waals surface area (Å²) in [6.45, 7) is 7.82. The molecule has 128 valence electrons. The molecule has 0 saturated carbocycles. The number of allylic oxidation sites excluding steroid dienone is 5. The van der Waals surface area contributed by atoms with Crippen molar-refractivity contribution in [1.82, 2.24) is 4.90 Å². The lowest BCUT2D eigenvalue weighted by molar-refractivity contribution is 0.269. The van der Waals surface area contributed by atoms with E-state index in [0.29, 0.717) is 6.04 Å². The van der Waals surface area contributed by atoms with Gasteiger partial charge in [0.15, 0.2) is 0 Å². The Morgan fingerprint density at radius 3 is 1.95 bits per heavy atom. The van der Waals surface area contributed by atoms with Gasteiger partial charge in [0, 0.05) is 6.04 Å². The molecule has 1 unspecified atom stereocenters. The Hall–Kier alpha value is -0.820. The van der Waals surface area contributed by atoms with E-state index in [1.54, 1.807) is 0 Å². The Balaban J connectivity index is 3.75. The molecule has 0 fully saturated rings. The maximum absolute atomic E-state index is 2.50. The van der Waals surface area contributed by atoms with E-state index in [1.807, 2.05) is 6.92 Å². The van der Waals surface area contributed by atoms with Gasteiger partial charge in [0.05, 0.1) is 0 Å². The minimum absolute atomic E-state index is 0.569. The molecule has 0 rings (SSSR count). The Morgan fingerprint density at radius 2 is 1.36 bits per heavy atom. The van der Waals surface area contributed by atoms with Gasteiger partial charge in [0.2, 0.25) is 0 Å². The smallest absolute Gasteiger partial charge is 0.0275 e. The number of hydrogen-bond acceptors (Lipinski definition) is 1. The first kappa shape index (κ1) is 21.2. The summed E-state index contributed by atoms with van der Waals surface area (Å²) in [5.74, 6) is 0. The monoisotopic (exact) mass is 305 g/mol. The van der Waals surface area contributed by atoms with E-state index in [1.165, 1.54) is 64.3 Å². The van der Waals surface area contributed by atoms with E-state index in [4.69, 9.17) is 0 Å². The Bertz CT molecular complexity index is 301. The number of hydrogen-bond donors (Lipinski definition) is 0. The van der Waals surface area contributed by atoms with Gasteiger partial charge in [-0.3, -0.25) is 4.90 Å². The van der Waals surface area contributed by atoms with Gasteiger partial charge in [0.25, 0.3) is 0 Å². The first-order chi connectivity index (χ1) is 10.8. The zero-order valence-corrected chi connectivity index (χ0v) is 15.6. The maximum Gasteiger partial charge on any atom is 0.0275 e. The second kappa shape index (κ2) is 16.5. The van der Waals surface area contributed by atoms with E-state index in [0.717, 1.165) is 0 Å². The van der Waals surface area contributed by atoms with Crippen molar-refractivity contribution in [1.29, 1.82) is 0 Å². The largest absolute Gasteiger partial charge is 0.300 e. The number of likely N-dealkylation sites (N-methyl/N-ethyl adjacent to an activating group) is 1. The third kappa shape index (κ3) is 12.9. The van der Waals surface area contributed by atoms with Crippen LogP contribution in [0.4, 0.5) is 0 Å². The lowest BCUT2D eigenvalue weighted by atomic mass is 10.1. The molecule has 1 heteroatoms. The van der Waals surface area contributed by atoms with Crippen molar-refractivity contribution in [2.45, 2.75) is 84.6 Å². The molecular formula is C21H39N. The van der Waals surface area contributed by atoms with E-state index < -0.39 is 0 Å². The third-order valence-corrected chi connectivity index (χ3v) is 4.21. The van der Waals surface area contributed by atoms with E-state index in [9.17, 15) is 0 Å². The Kier molecular flexibility index (Phi) is 15.9. The van der Waals surface area contributed by atoms with Gasteiger partial charge >= 0.3 is 0 Å². The zero-order valence-electron chi connectivity index (χ0n) is 15.6. The molecule has 0 aliphatic rings. The summed E-state index contributed by atoms with van der Waals surface area (Å²) in [7, 11) is 2.26. The third-order valence-electron chi connectivity index (χ3n) is 4.21. The Labute approximate surface area is 140 Å². The molecular weight excluding hydrogens is 266 g/mol. The molecule has 0 aromatic heterocycles. The van der Waals surface area contributed by atoms with E-state index >= 15 is 0 Å². The number of rotatable bonds is 14. The van der Waals surface area contributed by atoms with Crippen LogP contribution in [0.2, 0.25) is 0 Å². The molecule has 22 heavy (non-hydrogen) atoms. The highest BCUT2D eigenvalue weighted by molar-refractivity contribution is 5.12. The molecule has 0 saturated heterocycles. The van der Waals surface area contributed by atoms with Crippen LogP contribution in [-0.2, 0) is 0 Å². The van der Waals surface area contributed by atoms with Gasteiger partial charge < -0.3 is 0 Å². The van der Waals surface area contributed by atoms with Crippen LogP contribution in [0.3, 0.4) is 0 Å². The topological polar surface area (TPSA) is 3.24 Å². The SMILES string of the molecule is C/C=C/C=C/C=C/C(CC)N(C)CCCCCCCCCC. The molecule has 0 aromatic carbocycles. The summed E-state index contributed by atoms with van der Waals surface area (Å²) in [5.41, 5.74) is 0. The van der Waals surface area contributed by atoms with Crippen molar-refractivity contribution in [3.8, 4) is 0 Å². The van der Waals surface area contributed by atoms with Crippen molar-refractivity contribution in [3.63, 3.8) is 0 Å². The van der Waals surface area contributed by atoms with Gasteiger partial charge in [-0.2, -0.15) is 0 Å². The molecule has 0 bridgehead atoms. The minimum Gasteiger partial charge on any atom is -0.300 e. The van der Waals surface area contributed by atoms with Crippen molar-refractivity contribution in [2.24, 2.45) is 0 Å². The van der Waals surface area contributed by atoms with Crippen molar-refractivity contribution < 1.29 is 0 Å². The van der Waals surface area contributed by atoms with Crippen LogP contribution in [-0.4, -0.2) is 24.5 Å². The predicted molar refractivity (Wildman–Crippen MR) is 102 cm³/mol. The first-order valence-electron chi connectivity index (χ1n) is 9.42. The summed E-state index contributed by atoms with van der Waals surface area (Å²) < 4.78 is 0. The lowest BCUT2D eigenvalue weighted by Crippen LogP contribution is -2.30. The highest BCUT2D eigenvalue weighted by Crippen LogP contribution is 2.10. The predicted octanol–water partition coefficient (Wildman–Crippen LogP) is 6.53. The molecule has 1 nitrogen and oxygen atoms in total. The van der Waals surface area contributed by atoms with Crippen molar-refractivity contribution in [2.75, 3.05) is 13.6 Å². The zero-order chi connectivity index (χ0) is 16.5. The summed E-state index contributed by atoms with van der Waals surface area (Å²) in [5, 5.41) is 0. The molecule has 0 amide bonds. The number of nitrogens with zero attached hydrogens (tertiary/aromatic N) is 1. The maximum atomic E-state index is 2.50. The average Bonchev–Trinajstić information content (AvgIpc) is 2.53. The van der Waals surface area contributed by atoms with Gasteiger partial charge in [-0.05, 0) is 33.4 Å². The quantitative estimate of drug-likeness (QED) is 0.260. The standard InChI is InChI=1S/C21H39N/c1-5-8-10-12-13-14-16-18-20-22(4)21(7-3)19-17-15-11-9-6-2/h6,9,11,15,17,19,21H,5,7-8,10,12-14,16,18,20H2,1-4H3/b9-6+,15-11+,19-17+. The fourth-order valence-electron chi connectivity index (χ4n) is 2.69. The summed E-state index contributed by atoms with van der Waals surface area (Å²) in [4.78, 5) is 2.50. The molecule has 0 N–H and O–H groups in total. The van der Waals surface area contributed by atoms with Crippen LogP contribution in [0.15, 0.2) is 36.5 Å². The van der Waals surface area contributed by atoms with Gasteiger partial charge in [-0.25, -0.2) is 0 Å². The fraction of sp³-hybridized carbons (Fsp3) is 0.714. The van der Waals surface area contributed by atoms with Crippen LogP contribution >= 0.6 is 0 Å². The second-order valence-electron chi connectivity index (χ2n) is 6.23. The highest BCUT2D eigenvalue weighted by Gasteiger charge is 2.07. The molecule has 0 heterocycles. The van der Waals surface area contributed by atoms with Crippen molar-refractivity contribution >= 4 is 0 Å². The summed E-state index contributed by atoms with van der Waals surface area (Å²) >= 11 is 0. The van der Waals surface area contributed by atoms with Crippen LogP contribution < -0.4 is 0 Å². The highest BCUT2D eigenvalue weighted by atomic mass is 15.1. The minimum atomic E-state index is 0.569. The fourth-order valence-corrected chi connectivity index (χ4v) is 2.69. The summed E-state index contributed by atoms with van der Waals surface area (Å²) in [6, 6.07) is 0.569. The van der Waals surface area contributed by atoms with Crippen molar-refractivity contribution in [3.05, 3.63) is 36.5 Å². The van der Waals surface area contributed by atoms with Gasteiger partial charge in [-0.1, -0.05) is 95.2 Å². The molecule has 0 aliphatic carbocycles.